The Kier molecular flexibility index (Phi) is 4.72. The third-order valence-corrected chi connectivity index (χ3v) is 5.57. The lowest BCUT2D eigenvalue weighted by atomic mass is 10.2. The van der Waals surface area contributed by atoms with E-state index in [0.29, 0.717) is 17.5 Å². The van der Waals surface area contributed by atoms with E-state index in [9.17, 15) is 0 Å². The molecular formula is C17H15N5O2S2. The van der Waals surface area contributed by atoms with Crippen molar-refractivity contribution in [2.45, 2.75) is 10.9 Å². The number of nitrogens with zero attached hydrogens (tertiary/aromatic N) is 5. The number of thiophene rings is 1. The van der Waals surface area contributed by atoms with Crippen molar-refractivity contribution in [2.75, 3.05) is 7.11 Å². The molecule has 0 fully saturated rings. The summed E-state index contributed by atoms with van der Waals surface area (Å²) >= 11 is 3.08. The van der Waals surface area contributed by atoms with Gasteiger partial charge in [-0.15, -0.1) is 31.7 Å². The molecule has 3 aromatic heterocycles. The molecule has 0 aliphatic heterocycles. The molecular weight excluding hydrogens is 370 g/mol. The van der Waals surface area contributed by atoms with Gasteiger partial charge in [0.25, 0.3) is 5.89 Å². The van der Waals surface area contributed by atoms with E-state index in [1.54, 1.807) is 18.4 Å². The molecule has 7 nitrogen and oxygen atoms in total. The highest BCUT2D eigenvalue weighted by Crippen LogP contribution is 2.28. The summed E-state index contributed by atoms with van der Waals surface area (Å²) in [6.45, 7) is 0. The fraction of sp³-hybridized carbons (Fsp3) is 0.176. The summed E-state index contributed by atoms with van der Waals surface area (Å²) in [6, 6.07) is 11.6. The number of thioether (sulfide) groups is 1. The first-order valence-corrected chi connectivity index (χ1v) is 9.64. The minimum absolute atomic E-state index is 0.535. The molecule has 0 aliphatic carbocycles. The fourth-order valence-corrected chi connectivity index (χ4v) is 3.76. The van der Waals surface area contributed by atoms with Crippen LogP contribution in [-0.2, 0) is 12.8 Å². The van der Waals surface area contributed by atoms with Crippen LogP contribution in [0.2, 0.25) is 0 Å². The molecule has 0 amide bonds. The lowest BCUT2D eigenvalue weighted by Crippen LogP contribution is -1.95. The molecule has 132 valence electrons. The Hall–Kier alpha value is -2.65. The first-order chi connectivity index (χ1) is 12.7. The Morgan fingerprint density at radius 3 is 2.69 bits per heavy atom. The summed E-state index contributed by atoms with van der Waals surface area (Å²) in [6.07, 6.45) is 0. The minimum Gasteiger partial charge on any atom is -0.497 e. The van der Waals surface area contributed by atoms with Crippen molar-refractivity contribution in [1.82, 2.24) is 25.0 Å². The Bertz CT molecular complexity index is 993. The molecule has 0 bridgehead atoms. The zero-order valence-electron chi connectivity index (χ0n) is 14.1. The van der Waals surface area contributed by atoms with E-state index in [2.05, 4.69) is 20.4 Å². The van der Waals surface area contributed by atoms with Crippen molar-refractivity contribution in [3.63, 3.8) is 0 Å². The van der Waals surface area contributed by atoms with Gasteiger partial charge in [0.15, 0.2) is 11.0 Å². The zero-order chi connectivity index (χ0) is 17.9. The number of methoxy groups -OCH3 is 1. The smallest absolute Gasteiger partial charge is 0.257 e. The van der Waals surface area contributed by atoms with Gasteiger partial charge in [0.2, 0.25) is 5.89 Å². The molecule has 1 aromatic carbocycles. The summed E-state index contributed by atoms with van der Waals surface area (Å²) in [5.74, 6) is 3.25. The van der Waals surface area contributed by atoms with Crippen LogP contribution >= 0.6 is 23.1 Å². The molecule has 4 aromatic rings. The van der Waals surface area contributed by atoms with Crippen molar-refractivity contribution in [3.8, 4) is 27.9 Å². The van der Waals surface area contributed by atoms with Crippen LogP contribution in [0.15, 0.2) is 51.4 Å². The van der Waals surface area contributed by atoms with Gasteiger partial charge in [0.1, 0.15) is 5.75 Å². The van der Waals surface area contributed by atoms with Crippen molar-refractivity contribution in [3.05, 3.63) is 47.7 Å². The summed E-state index contributed by atoms with van der Waals surface area (Å²) in [5, 5.41) is 19.5. The lowest BCUT2D eigenvalue weighted by molar-refractivity contribution is 0.415. The highest BCUT2D eigenvalue weighted by Gasteiger charge is 2.14. The Balaban J connectivity index is 1.46. The second-order valence-corrected chi connectivity index (χ2v) is 7.25. The average Bonchev–Trinajstić information content (AvgIpc) is 3.41. The molecule has 0 saturated heterocycles. The molecule has 3 heterocycles. The summed E-state index contributed by atoms with van der Waals surface area (Å²) in [4.78, 5) is 0.967. The van der Waals surface area contributed by atoms with E-state index >= 15 is 0 Å². The highest BCUT2D eigenvalue weighted by molar-refractivity contribution is 7.98. The van der Waals surface area contributed by atoms with Crippen LogP contribution in [0.1, 0.15) is 5.89 Å². The number of hydrogen-bond acceptors (Lipinski definition) is 8. The summed E-state index contributed by atoms with van der Waals surface area (Å²) < 4.78 is 12.8. The van der Waals surface area contributed by atoms with Crippen LogP contribution in [0.4, 0.5) is 0 Å². The predicted molar refractivity (Wildman–Crippen MR) is 100 cm³/mol. The van der Waals surface area contributed by atoms with E-state index in [4.69, 9.17) is 9.15 Å². The van der Waals surface area contributed by atoms with Crippen LogP contribution in [0.5, 0.6) is 5.75 Å². The van der Waals surface area contributed by atoms with Crippen LogP contribution in [0.3, 0.4) is 0 Å². The quantitative estimate of drug-likeness (QED) is 0.466. The molecule has 0 saturated carbocycles. The number of hydrogen-bond donors (Lipinski definition) is 0. The van der Waals surface area contributed by atoms with Crippen LogP contribution in [-0.4, -0.2) is 32.1 Å². The average molecular weight is 385 g/mol. The van der Waals surface area contributed by atoms with Gasteiger partial charge >= 0.3 is 0 Å². The van der Waals surface area contributed by atoms with E-state index in [1.807, 2.05) is 53.4 Å². The maximum absolute atomic E-state index is 5.70. The second-order valence-electron chi connectivity index (χ2n) is 5.36. The van der Waals surface area contributed by atoms with E-state index < -0.39 is 0 Å². The first-order valence-electron chi connectivity index (χ1n) is 7.77. The molecule has 0 aliphatic rings. The summed E-state index contributed by atoms with van der Waals surface area (Å²) in [5.41, 5.74) is 0.977. The van der Waals surface area contributed by atoms with Crippen molar-refractivity contribution in [1.29, 1.82) is 0 Å². The maximum atomic E-state index is 5.70. The largest absolute Gasteiger partial charge is 0.497 e. The Labute approximate surface area is 158 Å². The standard InChI is InChI=1S/C17H15N5O2S2/c1-22-15(11-5-7-12(23-2)8-6-11)19-21-17(22)26-10-14-18-20-16(24-14)13-4-3-9-25-13/h3-9H,10H2,1-2H3. The third kappa shape index (κ3) is 3.35. The Morgan fingerprint density at radius 1 is 1.12 bits per heavy atom. The lowest BCUT2D eigenvalue weighted by Gasteiger charge is -2.04. The third-order valence-electron chi connectivity index (χ3n) is 3.71. The van der Waals surface area contributed by atoms with Gasteiger partial charge in [-0.25, -0.2) is 0 Å². The highest BCUT2D eigenvalue weighted by atomic mass is 32.2. The van der Waals surface area contributed by atoms with E-state index in [1.165, 1.54) is 11.8 Å². The molecule has 0 unspecified atom stereocenters. The Morgan fingerprint density at radius 2 is 1.96 bits per heavy atom. The number of benzene rings is 1. The van der Waals surface area contributed by atoms with Crippen molar-refractivity contribution < 1.29 is 9.15 Å². The number of aromatic nitrogens is 5. The molecule has 0 radical (unpaired) electrons. The fourth-order valence-electron chi connectivity index (χ4n) is 2.37. The number of rotatable bonds is 6. The van der Waals surface area contributed by atoms with E-state index in [-0.39, 0.29) is 0 Å². The van der Waals surface area contributed by atoms with Gasteiger partial charge in [-0.3, -0.25) is 0 Å². The molecule has 0 N–H and O–H groups in total. The van der Waals surface area contributed by atoms with Gasteiger partial charge in [-0.2, -0.15) is 0 Å². The molecule has 0 atom stereocenters. The second kappa shape index (κ2) is 7.30. The zero-order valence-corrected chi connectivity index (χ0v) is 15.8. The normalized spacial score (nSPS) is 11.0. The molecule has 9 heteroatoms. The van der Waals surface area contributed by atoms with Gasteiger partial charge < -0.3 is 13.7 Å². The van der Waals surface area contributed by atoms with Gasteiger partial charge in [-0.05, 0) is 35.7 Å². The monoisotopic (exact) mass is 385 g/mol. The van der Waals surface area contributed by atoms with Crippen LogP contribution in [0, 0.1) is 0 Å². The minimum atomic E-state index is 0.535. The van der Waals surface area contributed by atoms with Gasteiger partial charge in [0, 0.05) is 12.6 Å². The first kappa shape index (κ1) is 16.8. The molecule has 26 heavy (non-hydrogen) atoms. The van der Waals surface area contributed by atoms with E-state index in [0.717, 1.165) is 27.2 Å². The molecule has 0 spiro atoms. The maximum Gasteiger partial charge on any atom is 0.257 e. The molecule has 4 rings (SSSR count). The van der Waals surface area contributed by atoms with Crippen molar-refractivity contribution >= 4 is 23.1 Å². The van der Waals surface area contributed by atoms with Crippen LogP contribution in [0.25, 0.3) is 22.2 Å². The summed E-state index contributed by atoms with van der Waals surface area (Å²) in [7, 11) is 3.58. The van der Waals surface area contributed by atoms with Crippen LogP contribution < -0.4 is 4.74 Å². The van der Waals surface area contributed by atoms with Gasteiger partial charge in [-0.1, -0.05) is 17.8 Å². The van der Waals surface area contributed by atoms with Gasteiger partial charge in [0.05, 0.1) is 17.7 Å². The van der Waals surface area contributed by atoms with Crippen molar-refractivity contribution in [2.24, 2.45) is 7.05 Å². The predicted octanol–water partition coefficient (Wildman–Crippen LogP) is 3.89. The number of ether oxygens (including phenoxy) is 1. The SMILES string of the molecule is COc1ccc(-c2nnc(SCc3nnc(-c4cccs4)o3)n2C)cc1. The topological polar surface area (TPSA) is 78.9 Å².